The predicted octanol–water partition coefficient (Wildman–Crippen LogP) is 1.94. The van der Waals surface area contributed by atoms with Crippen LogP contribution < -0.4 is 5.73 Å². The lowest BCUT2D eigenvalue weighted by atomic mass is 10.1. The Morgan fingerprint density at radius 1 is 1.21 bits per heavy atom. The van der Waals surface area contributed by atoms with E-state index < -0.39 is 0 Å². The predicted molar refractivity (Wildman–Crippen MR) is 53.6 cm³/mol. The molecule has 72 valence electrons. The lowest BCUT2D eigenvalue weighted by molar-refractivity contribution is 0.532. The second kappa shape index (κ2) is 3.14. The number of hydrogen-bond donors (Lipinski definition) is 1. The molecule has 4 nitrogen and oxygen atoms in total. The Morgan fingerprint density at radius 3 is 2.64 bits per heavy atom. The van der Waals surface area contributed by atoms with Gasteiger partial charge in [-0.3, -0.25) is 0 Å². The maximum atomic E-state index is 5.68. The fourth-order valence-corrected chi connectivity index (χ4v) is 1.28. The molecular weight excluding hydrogens is 178 g/mol. The minimum atomic E-state index is 0.521. The van der Waals surface area contributed by atoms with Gasteiger partial charge in [0.25, 0.3) is 0 Å². The Labute approximate surface area is 81.8 Å². The smallest absolute Gasteiger partial charge is 0.248 e. The first-order valence-electron chi connectivity index (χ1n) is 4.33. The van der Waals surface area contributed by atoms with Crippen molar-refractivity contribution < 1.29 is 4.42 Å². The average Bonchev–Trinajstić information content (AvgIpc) is 2.56. The van der Waals surface area contributed by atoms with Crippen LogP contribution in [0.2, 0.25) is 0 Å². The van der Waals surface area contributed by atoms with Gasteiger partial charge in [-0.1, -0.05) is 6.07 Å². The second-order valence-electron chi connectivity index (χ2n) is 3.20. The van der Waals surface area contributed by atoms with Gasteiger partial charge in [0.05, 0.1) is 0 Å². The molecule has 0 unspecified atom stereocenters. The van der Waals surface area contributed by atoms with Crippen LogP contribution in [0.1, 0.15) is 11.5 Å². The van der Waals surface area contributed by atoms with Gasteiger partial charge in [0.15, 0.2) is 0 Å². The van der Waals surface area contributed by atoms with E-state index >= 15 is 0 Å². The molecule has 0 atom stereocenters. The van der Waals surface area contributed by atoms with Crippen molar-refractivity contribution in [1.82, 2.24) is 10.2 Å². The van der Waals surface area contributed by atoms with Crippen molar-refractivity contribution in [3.63, 3.8) is 0 Å². The molecule has 4 heteroatoms. The number of aromatic nitrogens is 2. The molecule has 2 rings (SSSR count). The minimum absolute atomic E-state index is 0.521. The summed E-state index contributed by atoms with van der Waals surface area (Å²) in [5.41, 5.74) is 8.34. The summed E-state index contributed by atoms with van der Waals surface area (Å²) in [5, 5.41) is 7.72. The van der Waals surface area contributed by atoms with Gasteiger partial charge in [-0.2, -0.15) is 0 Å². The van der Waals surface area contributed by atoms with Gasteiger partial charge in [0, 0.05) is 18.2 Å². The zero-order valence-electron chi connectivity index (χ0n) is 8.11. The van der Waals surface area contributed by atoms with Crippen LogP contribution in [-0.4, -0.2) is 10.2 Å². The molecule has 2 aromatic rings. The van der Waals surface area contributed by atoms with Crippen LogP contribution in [-0.2, 0) is 0 Å². The highest BCUT2D eigenvalue weighted by molar-refractivity contribution is 5.63. The van der Waals surface area contributed by atoms with E-state index in [1.807, 2.05) is 25.1 Å². The summed E-state index contributed by atoms with van der Waals surface area (Å²) >= 11 is 0. The van der Waals surface area contributed by atoms with Gasteiger partial charge in [0.1, 0.15) is 0 Å². The highest BCUT2D eigenvalue weighted by Crippen LogP contribution is 2.23. The first-order chi connectivity index (χ1) is 6.66. The molecule has 0 amide bonds. The molecule has 2 N–H and O–H groups in total. The molecule has 1 heterocycles. The molecule has 0 saturated carbocycles. The molecule has 0 spiro atoms. The van der Waals surface area contributed by atoms with Gasteiger partial charge >= 0.3 is 0 Å². The van der Waals surface area contributed by atoms with Crippen LogP contribution in [0.5, 0.6) is 0 Å². The molecular formula is C10H11N3O. The standard InChI is InChI=1S/C10H11N3O/c1-6-3-4-8(11)5-9(6)10-13-12-7(2)14-10/h3-5H,11H2,1-2H3. The van der Waals surface area contributed by atoms with E-state index in [0.717, 1.165) is 11.1 Å². The van der Waals surface area contributed by atoms with E-state index in [1.54, 1.807) is 6.92 Å². The summed E-state index contributed by atoms with van der Waals surface area (Å²) in [5.74, 6) is 1.08. The summed E-state index contributed by atoms with van der Waals surface area (Å²) in [7, 11) is 0. The first-order valence-corrected chi connectivity index (χ1v) is 4.33. The Balaban J connectivity index is 2.55. The number of anilines is 1. The second-order valence-corrected chi connectivity index (χ2v) is 3.20. The quantitative estimate of drug-likeness (QED) is 0.696. The largest absolute Gasteiger partial charge is 0.421 e. The number of rotatable bonds is 1. The highest BCUT2D eigenvalue weighted by atomic mass is 16.4. The van der Waals surface area contributed by atoms with Crippen LogP contribution in [0.4, 0.5) is 5.69 Å². The van der Waals surface area contributed by atoms with Crippen molar-refractivity contribution >= 4 is 5.69 Å². The average molecular weight is 189 g/mol. The van der Waals surface area contributed by atoms with Gasteiger partial charge in [0.2, 0.25) is 11.8 Å². The molecule has 0 saturated heterocycles. The van der Waals surface area contributed by atoms with Crippen LogP contribution in [0, 0.1) is 13.8 Å². The molecule has 0 aliphatic rings. The summed E-state index contributed by atoms with van der Waals surface area (Å²) in [6.07, 6.45) is 0. The third-order valence-corrected chi connectivity index (χ3v) is 2.02. The fourth-order valence-electron chi connectivity index (χ4n) is 1.28. The van der Waals surface area contributed by atoms with E-state index in [1.165, 1.54) is 0 Å². The van der Waals surface area contributed by atoms with Gasteiger partial charge in [-0.25, -0.2) is 0 Å². The summed E-state index contributed by atoms with van der Waals surface area (Å²) in [4.78, 5) is 0. The van der Waals surface area contributed by atoms with E-state index in [-0.39, 0.29) is 0 Å². The van der Waals surface area contributed by atoms with Crippen molar-refractivity contribution in [2.45, 2.75) is 13.8 Å². The van der Waals surface area contributed by atoms with Gasteiger partial charge < -0.3 is 10.2 Å². The monoisotopic (exact) mass is 189 g/mol. The Bertz CT molecular complexity index is 462. The SMILES string of the molecule is Cc1nnc(-c2cc(N)ccc2C)o1. The minimum Gasteiger partial charge on any atom is -0.421 e. The molecule has 0 aliphatic heterocycles. The van der Waals surface area contributed by atoms with Crippen LogP contribution in [0.15, 0.2) is 22.6 Å². The van der Waals surface area contributed by atoms with Crippen LogP contribution >= 0.6 is 0 Å². The highest BCUT2D eigenvalue weighted by Gasteiger charge is 2.08. The van der Waals surface area contributed by atoms with Crippen molar-refractivity contribution in [1.29, 1.82) is 0 Å². The third-order valence-electron chi connectivity index (χ3n) is 2.02. The van der Waals surface area contributed by atoms with Gasteiger partial charge in [-0.15, -0.1) is 10.2 Å². The van der Waals surface area contributed by atoms with E-state index in [2.05, 4.69) is 10.2 Å². The maximum Gasteiger partial charge on any atom is 0.248 e. The summed E-state index contributed by atoms with van der Waals surface area (Å²) in [6.45, 7) is 3.74. The number of nitrogens with two attached hydrogens (primary N) is 1. The Hall–Kier alpha value is -1.84. The number of benzene rings is 1. The normalized spacial score (nSPS) is 10.4. The topological polar surface area (TPSA) is 64.9 Å². The van der Waals surface area contributed by atoms with Crippen molar-refractivity contribution in [2.75, 3.05) is 5.73 Å². The molecule has 0 aliphatic carbocycles. The molecule has 0 radical (unpaired) electrons. The number of nitrogen functional groups attached to an aromatic ring is 1. The van der Waals surface area contributed by atoms with Crippen molar-refractivity contribution in [3.05, 3.63) is 29.7 Å². The molecule has 14 heavy (non-hydrogen) atoms. The number of nitrogens with zero attached hydrogens (tertiary/aromatic N) is 2. The molecule has 1 aromatic heterocycles. The molecule has 1 aromatic carbocycles. The van der Waals surface area contributed by atoms with E-state index in [0.29, 0.717) is 17.5 Å². The zero-order chi connectivity index (χ0) is 10.1. The van der Waals surface area contributed by atoms with Crippen molar-refractivity contribution in [3.8, 4) is 11.5 Å². The van der Waals surface area contributed by atoms with E-state index in [9.17, 15) is 0 Å². The summed E-state index contributed by atoms with van der Waals surface area (Å²) in [6, 6.07) is 5.62. The Morgan fingerprint density at radius 2 is 2.00 bits per heavy atom. The maximum absolute atomic E-state index is 5.68. The number of aryl methyl sites for hydroxylation is 2. The fraction of sp³-hybridized carbons (Fsp3) is 0.200. The molecule has 0 bridgehead atoms. The van der Waals surface area contributed by atoms with Crippen LogP contribution in [0.3, 0.4) is 0 Å². The van der Waals surface area contributed by atoms with Crippen LogP contribution in [0.25, 0.3) is 11.5 Å². The molecule has 0 fully saturated rings. The lowest BCUT2D eigenvalue weighted by Gasteiger charge is -2.01. The summed E-state index contributed by atoms with van der Waals surface area (Å²) < 4.78 is 5.33. The number of hydrogen-bond acceptors (Lipinski definition) is 4. The lowest BCUT2D eigenvalue weighted by Crippen LogP contribution is -1.88. The first kappa shape index (κ1) is 8.74. The van der Waals surface area contributed by atoms with Crippen molar-refractivity contribution in [2.24, 2.45) is 0 Å². The Kier molecular flexibility index (Phi) is 1.96. The zero-order valence-corrected chi connectivity index (χ0v) is 8.11. The van der Waals surface area contributed by atoms with Gasteiger partial charge in [-0.05, 0) is 24.6 Å². The third kappa shape index (κ3) is 1.46. The van der Waals surface area contributed by atoms with E-state index in [4.69, 9.17) is 10.2 Å².